The highest BCUT2D eigenvalue weighted by molar-refractivity contribution is 7.26. The summed E-state index contributed by atoms with van der Waals surface area (Å²) in [4.78, 5) is 4.88. The summed E-state index contributed by atoms with van der Waals surface area (Å²) >= 11 is 3.73. The lowest BCUT2D eigenvalue weighted by Gasteiger charge is -2.33. The molecule has 12 aromatic carbocycles. The predicted molar refractivity (Wildman–Crippen MR) is 350 cm³/mol. The van der Waals surface area contributed by atoms with Crippen LogP contribution in [0, 0.1) is 0 Å². The molecule has 16 rings (SSSR count). The lowest BCUT2D eigenvalue weighted by atomic mass is 9.68. The molecule has 0 N–H and O–H groups in total. The van der Waals surface area contributed by atoms with Gasteiger partial charge in [-0.15, -0.1) is 22.7 Å². The number of anilines is 6. The number of benzene rings is 12. The lowest BCUT2D eigenvalue weighted by Crippen LogP contribution is -2.27. The molecule has 0 saturated carbocycles. The Morgan fingerprint density at radius 3 is 1.10 bits per heavy atom. The predicted octanol–water partition coefficient (Wildman–Crippen LogP) is 22.6. The molecule has 0 bridgehead atoms. The third kappa shape index (κ3) is 7.23. The van der Waals surface area contributed by atoms with Crippen molar-refractivity contribution >= 4 is 119 Å². The molecule has 0 radical (unpaired) electrons. The fourth-order valence-corrected chi connectivity index (χ4v) is 16.0. The number of rotatable bonds is 6. The molecule has 0 atom stereocenters. The van der Waals surface area contributed by atoms with Gasteiger partial charge in [-0.3, -0.25) is 0 Å². The van der Waals surface area contributed by atoms with Gasteiger partial charge < -0.3 is 9.80 Å². The van der Waals surface area contributed by atoms with Gasteiger partial charge in [0.2, 0.25) is 0 Å². The van der Waals surface area contributed by atoms with Crippen molar-refractivity contribution in [2.45, 2.75) is 57.8 Å². The van der Waals surface area contributed by atoms with E-state index in [9.17, 15) is 0 Å². The molecule has 14 aromatic rings. The van der Waals surface area contributed by atoms with Crippen LogP contribution in [0.3, 0.4) is 0 Å². The molecule has 0 saturated heterocycles. The smallest absolute Gasteiger partial charge is 0.0737 e. The fourth-order valence-electron chi connectivity index (χ4n) is 13.9. The van der Waals surface area contributed by atoms with Crippen molar-refractivity contribution in [1.29, 1.82) is 0 Å². The Labute approximate surface area is 481 Å². The minimum atomic E-state index is -0.626. The van der Waals surface area contributed by atoms with Crippen molar-refractivity contribution in [3.63, 3.8) is 0 Å². The average molecular weight is 1080 g/mol. The van der Waals surface area contributed by atoms with Gasteiger partial charge >= 0.3 is 0 Å². The van der Waals surface area contributed by atoms with Gasteiger partial charge in [0.05, 0.1) is 5.41 Å². The Bertz CT molecular complexity index is 4600. The van der Waals surface area contributed by atoms with E-state index in [4.69, 9.17) is 0 Å². The van der Waals surface area contributed by atoms with E-state index >= 15 is 0 Å². The van der Waals surface area contributed by atoms with Crippen LogP contribution in [0.15, 0.2) is 243 Å². The van der Waals surface area contributed by atoms with Crippen LogP contribution in [-0.2, 0) is 16.2 Å². The zero-order valence-electron chi connectivity index (χ0n) is 46.3. The van der Waals surface area contributed by atoms with Crippen LogP contribution < -0.4 is 9.80 Å². The zero-order chi connectivity index (χ0) is 54.5. The summed E-state index contributed by atoms with van der Waals surface area (Å²) < 4.78 is 5.23. The molecule has 0 fully saturated rings. The van der Waals surface area contributed by atoms with Crippen LogP contribution >= 0.6 is 22.7 Å². The second kappa shape index (κ2) is 17.6. The Morgan fingerprint density at radius 2 is 0.667 bits per heavy atom. The Balaban J connectivity index is 0.943. The maximum Gasteiger partial charge on any atom is 0.0737 e. The molecule has 2 nitrogen and oxygen atoms in total. The highest BCUT2D eigenvalue weighted by Gasteiger charge is 2.54. The summed E-state index contributed by atoms with van der Waals surface area (Å²) in [6.07, 6.45) is 0. The number of thiophene rings is 2. The van der Waals surface area contributed by atoms with E-state index in [1.807, 2.05) is 22.7 Å². The van der Waals surface area contributed by atoms with Gasteiger partial charge in [-0.2, -0.15) is 0 Å². The molecule has 2 heterocycles. The third-order valence-electron chi connectivity index (χ3n) is 17.7. The normalized spacial score (nSPS) is 13.4. The fraction of sp³-hybridized carbons (Fsp3) is 0.117. The van der Waals surface area contributed by atoms with E-state index in [2.05, 4.69) is 294 Å². The average Bonchev–Trinajstić information content (AvgIpc) is 2.53. The molecule has 0 unspecified atom stereocenters. The number of hydrogen-bond acceptors (Lipinski definition) is 4. The Kier molecular flexibility index (Phi) is 10.5. The van der Waals surface area contributed by atoms with Gasteiger partial charge in [-0.05, 0) is 185 Å². The Hall–Kier alpha value is -8.80. The molecule has 81 heavy (non-hydrogen) atoms. The third-order valence-corrected chi connectivity index (χ3v) is 20.0. The van der Waals surface area contributed by atoms with Crippen LogP contribution in [0.4, 0.5) is 34.1 Å². The number of fused-ring (bicyclic) bond motifs is 20. The van der Waals surface area contributed by atoms with E-state index in [-0.39, 0.29) is 10.8 Å². The highest BCUT2D eigenvalue weighted by Crippen LogP contribution is 2.66. The second-order valence-corrected chi connectivity index (χ2v) is 26.6. The standard InChI is InChI=1S/C77H58N2S2/c1-75(2,3)49-27-37-67-63(43-49)64-44-50(76(4,5)6)28-38-68(64)77(67)73-57-35-29-53(78(51-17-9-7-10-18-51)55-31-39-71-65(45-55)59-21-13-15-23-69(59)80-71)41-47(57)25-33-61(73)62-34-26-48-42-54(30-36-58(48)74(62)77)79(52-19-11-8-12-20-52)56-32-40-72-66(46-56)60-22-14-16-24-70(60)81-72/h7-46H,1-6H3. The summed E-state index contributed by atoms with van der Waals surface area (Å²) in [6.45, 7) is 14.1. The molecule has 2 aliphatic rings. The van der Waals surface area contributed by atoms with Crippen LogP contribution in [0.25, 0.3) is 84.1 Å². The van der Waals surface area contributed by atoms with Crippen molar-refractivity contribution in [3.8, 4) is 22.3 Å². The van der Waals surface area contributed by atoms with Crippen molar-refractivity contribution in [1.82, 2.24) is 0 Å². The molecular weight excluding hydrogens is 1020 g/mol. The minimum absolute atomic E-state index is 0.0400. The highest BCUT2D eigenvalue weighted by atomic mass is 32.1. The van der Waals surface area contributed by atoms with Gasteiger partial charge in [-0.25, -0.2) is 0 Å². The van der Waals surface area contributed by atoms with Crippen molar-refractivity contribution in [2.24, 2.45) is 0 Å². The summed E-state index contributed by atoms with van der Waals surface area (Å²) in [5, 5.41) is 10.2. The van der Waals surface area contributed by atoms with E-state index in [0.717, 1.165) is 34.1 Å². The van der Waals surface area contributed by atoms with E-state index in [1.165, 1.54) is 118 Å². The number of hydrogen-bond donors (Lipinski definition) is 0. The van der Waals surface area contributed by atoms with Gasteiger partial charge in [-0.1, -0.05) is 187 Å². The molecule has 388 valence electrons. The van der Waals surface area contributed by atoms with Gasteiger partial charge in [0.1, 0.15) is 0 Å². The topological polar surface area (TPSA) is 6.48 Å². The van der Waals surface area contributed by atoms with Gasteiger partial charge in [0, 0.05) is 74.5 Å². The largest absolute Gasteiger partial charge is 0.310 e. The van der Waals surface area contributed by atoms with Crippen LogP contribution in [-0.4, -0.2) is 0 Å². The molecule has 2 aromatic heterocycles. The summed E-state index contributed by atoms with van der Waals surface area (Å²) in [6, 6.07) is 92.5. The van der Waals surface area contributed by atoms with E-state index < -0.39 is 5.41 Å². The Morgan fingerprint density at radius 1 is 0.284 bits per heavy atom. The number of nitrogens with zero attached hydrogens (tertiary/aromatic N) is 2. The van der Waals surface area contributed by atoms with E-state index in [0.29, 0.717) is 0 Å². The first-order valence-corrected chi connectivity index (χ1v) is 30.0. The quantitative estimate of drug-likeness (QED) is 0.164. The van der Waals surface area contributed by atoms with Crippen molar-refractivity contribution in [2.75, 3.05) is 9.80 Å². The molecule has 1 spiro atoms. The monoisotopic (exact) mass is 1070 g/mol. The summed E-state index contributed by atoms with van der Waals surface area (Å²) in [5.74, 6) is 0. The van der Waals surface area contributed by atoms with Crippen molar-refractivity contribution in [3.05, 3.63) is 276 Å². The molecular formula is C77H58N2S2. The first-order chi connectivity index (χ1) is 39.4. The molecule has 2 aliphatic carbocycles. The van der Waals surface area contributed by atoms with Crippen LogP contribution in [0.1, 0.15) is 74.9 Å². The second-order valence-electron chi connectivity index (χ2n) is 24.5. The maximum atomic E-state index is 2.54. The summed E-state index contributed by atoms with van der Waals surface area (Å²) in [5.41, 5.74) is 19.5. The number of para-hydroxylation sites is 2. The maximum absolute atomic E-state index is 2.54. The summed E-state index contributed by atoms with van der Waals surface area (Å²) in [7, 11) is 0. The van der Waals surface area contributed by atoms with Gasteiger partial charge in [0.15, 0.2) is 0 Å². The lowest BCUT2D eigenvalue weighted by molar-refractivity contribution is 0.589. The SMILES string of the molecule is CC(C)(C)c1ccc2c(c1)-c1cc(C(C)(C)C)ccc1C21c2c(ccc3cc(N(c4ccccc4)c4ccc5sc6ccccc6c5c4)ccc23)-c2ccc3cc(N(c4ccccc4)c4ccc5sc6ccccc6c5c4)ccc3c21. The zero-order valence-corrected chi connectivity index (χ0v) is 47.9. The van der Waals surface area contributed by atoms with Crippen LogP contribution in [0.5, 0.6) is 0 Å². The molecule has 0 aliphatic heterocycles. The first-order valence-electron chi connectivity index (χ1n) is 28.4. The van der Waals surface area contributed by atoms with Crippen LogP contribution in [0.2, 0.25) is 0 Å². The molecule has 4 heteroatoms. The first kappa shape index (κ1) is 48.1. The van der Waals surface area contributed by atoms with Crippen molar-refractivity contribution < 1.29 is 0 Å². The minimum Gasteiger partial charge on any atom is -0.310 e. The van der Waals surface area contributed by atoms with Gasteiger partial charge in [0.25, 0.3) is 0 Å². The van der Waals surface area contributed by atoms with E-state index in [1.54, 1.807) is 0 Å². The molecule has 0 amide bonds.